The maximum absolute atomic E-state index is 12.6. The van der Waals surface area contributed by atoms with Gasteiger partial charge in [0, 0.05) is 50.4 Å². The molecule has 136 valence electrons. The minimum absolute atomic E-state index is 0.139. The molecule has 2 fully saturated rings. The van der Waals surface area contributed by atoms with Crippen molar-refractivity contribution in [2.45, 2.75) is 32.2 Å². The average Bonchev–Trinajstić information content (AvgIpc) is 3.21. The molecule has 0 atom stereocenters. The molecule has 2 aromatic heterocycles. The SMILES string of the molecule is O=C1CCC2(CCN(C(=O)c3ccsc3)CC2)CN1Cc1cccnc1. The molecule has 0 N–H and O–H groups in total. The highest BCUT2D eigenvalue weighted by Gasteiger charge is 2.41. The van der Waals surface area contributed by atoms with Crippen molar-refractivity contribution >= 4 is 23.2 Å². The first-order valence-corrected chi connectivity index (χ1v) is 10.1. The van der Waals surface area contributed by atoms with Gasteiger partial charge in [-0.2, -0.15) is 11.3 Å². The number of carbonyl (C=O) groups is 2. The summed E-state index contributed by atoms with van der Waals surface area (Å²) in [6.07, 6.45) is 7.08. The third-order valence-corrected chi connectivity index (χ3v) is 6.41. The van der Waals surface area contributed by atoms with Crippen molar-refractivity contribution < 1.29 is 9.59 Å². The van der Waals surface area contributed by atoms with Crippen LogP contribution in [0.1, 0.15) is 41.6 Å². The summed E-state index contributed by atoms with van der Waals surface area (Å²) in [6, 6.07) is 5.82. The Morgan fingerprint density at radius 1 is 1.23 bits per heavy atom. The Morgan fingerprint density at radius 3 is 2.77 bits per heavy atom. The Morgan fingerprint density at radius 2 is 2.08 bits per heavy atom. The zero-order chi connectivity index (χ0) is 18.0. The molecule has 5 nitrogen and oxygen atoms in total. The molecule has 2 amide bonds. The van der Waals surface area contributed by atoms with Crippen LogP contribution in [0.15, 0.2) is 41.4 Å². The number of carbonyl (C=O) groups excluding carboxylic acids is 2. The van der Waals surface area contributed by atoms with Crippen LogP contribution in [0.5, 0.6) is 0 Å². The molecule has 2 aliphatic heterocycles. The maximum atomic E-state index is 12.6. The van der Waals surface area contributed by atoms with Crippen LogP contribution in [0.4, 0.5) is 0 Å². The lowest BCUT2D eigenvalue weighted by atomic mass is 9.72. The second-order valence-electron chi connectivity index (χ2n) is 7.42. The molecule has 0 radical (unpaired) electrons. The number of nitrogens with zero attached hydrogens (tertiary/aromatic N) is 3. The lowest BCUT2D eigenvalue weighted by molar-refractivity contribution is -0.139. The summed E-state index contributed by atoms with van der Waals surface area (Å²) in [5.74, 6) is 0.372. The quantitative estimate of drug-likeness (QED) is 0.835. The summed E-state index contributed by atoms with van der Waals surface area (Å²) in [6.45, 7) is 2.99. The first-order chi connectivity index (χ1) is 12.7. The van der Waals surface area contributed by atoms with E-state index >= 15 is 0 Å². The fourth-order valence-corrected chi connectivity index (χ4v) is 4.75. The zero-order valence-electron chi connectivity index (χ0n) is 14.8. The van der Waals surface area contributed by atoms with Crippen LogP contribution < -0.4 is 0 Å². The number of aromatic nitrogens is 1. The topological polar surface area (TPSA) is 53.5 Å². The van der Waals surface area contributed by atoms with Gasteiger partial charge in [-0.05, 0) is 47.8 Å². The van der Waals surface area contributed by atoms with Crippen molar-refractivity contribution in [1.29, 1.82) is 0 Å². The van der Waals surface area contributed by atoms with Gasteiger partial charge in [0.15, 0.2) is 0 Å². The molecule has 4 rings (SSSR count). The molecule has 2 aliphatic rings. The second-order valence-corrected chi connectivity index (χ2v) is 8.20. The summed E-state index contributed by atoms with van der Waals surface area (Å²) in [5, 5.41) is 3.86. The zero-order valence-corrected chi connectivity index (χ0v) is 15.6. The second kappa shape index (κ2) is 7.19. The lowest BCUT2D eigenvalue weighted by Crippen LogP contribution is -2.52. The van der Waals surface area contributed by atoms with Crippen LogP contribution in [0, 0.1) is 5.41 Å². The molecule has 26 heavy (non-hydrogen) atoms. The van der Waals surface area contributed by atoms with E-state index in [0.29, 0.717) is 13.0 Å². The van der Waals surface area contributed by atoms with E-state index in [1.165, 1.54) is 0 Å². The number of hydrogen-bond acceptors (Lipinski definition) is 4. The predicted molar refractivity (Wildman–Crippen MR) is 101 cm³/mol. The Balaban J connectivity index is 1.40. The van der Waals surface area contributed by atoms with E-state index in [1.54, 1.807) is 17.5 Å². The molecule has 0 saturated carbocycles. The number of rotatable bonds is 3. The van der Waals surface area contributed by atoms with E-state index in [-0.39, 0.29) is 17.2 Å². The number of piperidine rings is 2. The largest absolute Gasteiger partial charge is 0.339 e. The normalized spacial score (nSPS) is 19.8. The van der Waals surface area contributed by atoms with Crippen LogP contribution in [-0.2, 0) is 11.3 Å². The molecule has 0 bridgehead atoms. The van der Waals surface area contributed by atoms with E-state index in [2.05, 4.69) is 4.98 Å². The van der Waals surface area contributed by atoms with Gasteiger partial charge >= 0.3 is 0 Å². The Bertz CT molecular complexity index is 768. The fourth-order valence-electron chi connectivity index (χ4n) is 4.12. The Hall–Kier alpha value is -2.21. The van der Waals surface area contributed by atoms with Gasteiger partial charge in [-0.25, -0.2) is 0 Å². The van der Waals surface area contributed by atoms with Crippen LogP contribution in [-0.4, -0.2) is 46.2 Å². The summed E-state index contributed by atoms with van der Waals surface area (Å²) in [5.41, 5.74) is 2.02. The van der Waals surface area contributed by atoms with Crippen molar-refractivity contribution in [2.24, 2.45) is 5.41 Å². The van der Waals surface area contributed by atoms with Gasteiger partial charge in [-0.15, -0.1) is 0 Å². The first kappa shape index (κ1) is 17.2. The van der Waals surface area contributed by atoms with E-state index in [9.17, 15) is 9.59 Å². The van der Waals surface area contributed by atoms with Crippen molar-refractivity contribution in [3.05, 3.63) is 52.5 Å². The van der Waals surface area contributed by atoms with E-state index in [1.807, 2.05) is 45.0 Å². The van der Waals surface area contributed by atoms with Crippen LogP contribution >= 0.6 is 11.3 Å². The molecular formula is C20H23N3O2S. The Kier molecular flexibility index (Phi) is 4.76. The van der Waals surface area contributed by atoms with Crippen LogP contribution in [0.25, 0.3) is 0 Å². The first-order valence-electron chi connectivity index (χ1n) is 9.13. The van der Waals surface area contributed by atoms with Gasteiger partial charge in [0.05, 0.1) is 5.56 Å². The molecule has 0 aliphatic carbocycles. The highest BCUT2D eigenvalue weighted by atomic mass is 32.1. The summed E-state index contributed by atoms with van der Waals surface area (Å²) >= 11 is 1.56. The van der Waals surface area contributed by atoms with Gasteiger partial charge in [0.1, 0.15) is 0 Å². The van der Waals surface area contributed by atoms with Gasteiger partial charge < -0.3 is 9.80 Å². The molecule has 2 saturated heterocycles. The number of amides is 2. The van der Waals surface area contributed by atoms with Crippen molar-refractivity contribution in [3.63, 3.8) is 0 Å². The standard InChI is InChI=1S/C20H23N3O2S/c24-18-3-5-20(15-23(18)13-16-2-1-8-21-12-16)6-9-22(10-7-20)19(25)17-4-11-26-14-17/h1-2,4,8,11-12,14H,3,5-7,9-10,13,15H2. The van der Waals surface area contributed by atoms with Crippen molar-refractivity contribution in [2.75, 3.05) is 19.6 Å². The highest BCUT2D eigenvalue weighted by Crippen LogP contribution is 2.40. The molecule has 2 aromatic rings. The number of thiophene rings is 1. The van der Waals surface area contributed by atoms with E-state index < -0.39 is 0 Å². The van der Waals surface area contributed by atoms with Gasteiger partial charge in [-0.3, -0.25) is 14.6 Å². The lowest BCUT2D eigenvalue weighted by Gasteiger charge is -2.47. The molecule has 1 spiro atoms. The van der Waals surface area contributed by atoms with E-state index in [4.69, 9.17) is 0 Å². The minimum Gasteiger partial charge on any atom is -0.339 e. The molecule has 6 heteroatoms. The number of pyridine rings is 1. The smallest absolute Gasteiger partial charge is 0.254 e. The fraction of sp³-hybridized carbons (Fsp3) is 0.450. The summed E-state index contributed by atoms with van der Waals surface area (Å²) in [4.78, 5) is 33.0. The van der Waals surface area contributed by atoms with Crippen LogP contribution in [0.3, 0.4) is 0 Å². The maximum Gasteiger partial charge on any atom is 0.254 e. The highest BCUT2D eigenvalue weighted by molar-refractivity contribution is 7.08. The molecule has 0 unspecified atom stereocenters. The summed E-state index contributed by atoms with van der Waals surface area (Å²) in [7, 11) is 0. The molecular weight excluding hydrogens is 346 g/mol. The predicted octanol–water partition coefficient (Wildman–Crippen LogP) is 3.19. The Labute approximate surface area is 157 Å². The number of likely N-dealkylation sites (tertiary alicyclic amines) is 2. The third-order valence-electron chi connectivity index (χ3n) is 5.72. The van der Waals surface area contributed by atoms with Crippen molar-refractivity contribution in [1.82, 2.24) is 14.8 Å². The molecule has 0 aromatic carbocycles. The summed E-state index contributed by atoms with van der Waals surface area (Å²) < 4.78 is 0. The van der Waals surface area contributed by atoms with Crippen LogP contribution in [0.2, 0.25) is 0 Å². The van der Waals surface area contributed by atoms with Gasteiger partial charge in [0.25, 0.3) is 5.91 Å². The number of hydrogen-bond donors (Lipinski definition) is 0. The van der Waals surface area contributed by atoms with Gasteiger partial charge in [0.2, 0.25) is 5.91 Å². The van der Waals surface area contributed by atoms with Gasteiger partial charge in [-0.1, -0.05) is 6.07 Å². The minimum atomic E-state index is 0.139. The average molecular weight is 369 g/mol. The third kappa shape index (κ3) is 3.51. The van der Waals surface area contributed by atoms with E-state index in [0.717, 1.165) is 50.0 Å². The molecule has 4 heterocycles. The monoisotopic (exact) mass is 369 g/mol. The van der Waals surface area contributed by atoms with Crippen molar-refractivity contribution in [3.8, 4) is 0 Å².